The molecule has 0 radical (unpaired) electrons. The molecule has 0 aliphatic heterocycles. The van der Waals surface area contributed by atoms with Crippen LogP contribution in [0.3, 0.4) is 0 Å². The van der Waals surface area contributed by atoms with Gasteiger partial charge in [-0.2, -0.15) is 0 Å². The molecule has 0 bridgehead atoms. The summed E-state index contributed by atoms with van der Waals surface area (Å²) in [6.45, 7) is 2.28. The molecule has 0 heterocycles. The number of rotatable bonds is 3. The molecule has 1 aliphatic rings. The molecular weight excluding hydrogens is 486 g/mol. The lowest BCUT2D eigenvalue weighted by Crippen LogP contribution is -2.22. The number of benzene rings is 5. The average Bonchev–Trinajstić information content (AvgIpc) is 3.12. The minimum absolute atomic E-state index is 0.103. The second kappa shape index (κ2) is 7.64. The van der Waals surface area contributed by atoms with Gasteiger partial charge in [0, 0.05) is 21.5 Å². The highest BCUT2D eigenvalue weighted by Gasteiger charge is 2.41. The molecule has 0 amide bonds. The third-order valence-corrected chi connectivity index (χ3v) is 7.78. The number of para-hydroxylation sites is 1. The van der Waals surface area contributed by atoms with Crippen LogP contribution in [0.2, 0.25) is 0 Å². The van der Waals surface area contributed by atoms with Gasteiger partial charge in [-0.25, -0.2) is 0 Å². The maximum atomic E-state index is 11.7. The molecule has 3 nitrogen and oxygen atoms in total. The van der Waals surface area contributed by atoms with E-state index in [4.69, 9.17) is 0 Å². The summed E-state index contributed by atoms with van der Waals surface area (Å²) >= 11 is 3.76. The first-order valence-electron chi connectivity index (χ1n) is 11.2. The first-order chi connectivity index (χ1) is 16.5. The molecule has 6 rings (SSSR count). The van der Waals surface area contributed by atoms with Crippen molar-refractivity contribution in [2.75, 3.05) is 0 Å². The van der Waals surface area contributed by atoms with E-state index in [9.17, 15) is 10.1 Å². The van der Waals surface area contributed by atoms with Crippen LogP contribution in [0.5, 0.6) is 0 Å². The maximum Gasteiger partial charge on any atom is 0.277 e. The molecule has 0 saturated heterocycles. The van der Waals surface area contributed by atoms with Crippen LogP contribution < -0.4 is 0 Å². The molecule has 4 heteroatoms. The van der Waals surface area contributed by atoms with Crippen molar-refractivity contribution in [3.05, 3.63) is 134 Å². The summed E-state index contributed by atoms with van der Waals surface area (Å²) in [6.07, 6.45) is 0. The van der Waals surface area contributed by atoms with E-state index in [1.54, 1.807) is 12.1 Å². The molecule has 34 heavy (non-hydrogen) atoms. The Balaban J connectivity index is 1.63. The predicted octanol–water partition coefficient (Wildman–Crippen LogP) is 8.51. The van der Waals surface area contributed by atoms with Gasteiger partial charge in [0.25, 0.3) is 5.69 Å². The second-order valence-electron chi connectivity index (χ2n) is 8.88. The first-order valence-corrected chi connectivity index (χ1v) is 11.9. The Labute approximate surface area is 206 Å². The number of nitrogens with zero attached hydrogens (tertiary/aromatic N) is 1. The van der Waals surface area contributed by atoms with Gasteiger partial charge in [-0.3, -0.25) is 10.1 Å². The minimum Gasteiger partial charge on any atom is -0.258 e. The van der Waals surface area contributed by atoms with Gasteiger partial charge in [-0.05, 0) is 69.8 Å². The van der Waals surface area contributed by atoms with Crippen LogP contribution in [-0.4, -0.2) is 4.92 Å². The van der Waals surface area contributed by atoms with Crippen molar-refractivity contribution in [3.8, 4) is 22.3 Å². The Bertz CT molecular complexity index is 1620. The van der Waals surface area contributed by atoms with E-state index >= 15 is 0 Å². The number of hydrogen-bond donors (Lipinski definition) is 0. The van der Waals surface area contributed by atoms with Gasteiger partial charge in [0.1, 0.15) is 0 Å². The van der Waals surface area contributed by atoms with Crippen LogP contribution in [0.15, 0.2) is 108 Å². The SMILES string of the molecule is CC1(c2ccc3ccccc3c2)c2ccccc2-c2cc(-c3ccccc3[N+](=O)[O-])c(Br)cc21. The Morgan fingerprint density at radius 3 is 2.15 bits per heavy atom. The van der Waals surface area contributed by atoms with Crippen LogP contribution in [0.1, 0.15) is 23.6 Å². The Morgan fingerprint density at radius 2 is 1.35 bits per heavy atom. The molecular formula is C30H20BrNO2. The number of halogens is 1. The molecule has 0 N–H and O–H groups in total. The van der Waals surface area contributed by atoms with E-state index < -0.39 is 0 Å². The fourth-order valence-corrected chi connectivity index (χ4v) is 5.94. The third kappa shape index (κ3) is 2.95. The number of nitro groups is 1. The van der Waals surface area contributed by atoms with Gasteiger partial charge >= 0.3 is 0 Å². The van der Waals surface area contributed by atoms with Gasteiger partial charge in [-0.15, -0.1) is 0 Å². The summed E-state index contributed by atoms with van der Waals surface area (Å²) in [5, 5.41) is 14.2. The molecule has 1 atom stereocenters. The zero-order chi connectivity index (χ0) is 23.4. The molecule has 0 fully saturated rings. The van der Waals surface area contributed by atoms with Gasteiger partial charge in [-0.1, -0.05) is 88.7 Å². The number of nitro benzene ring substituents is 1. The van der Waals surface area contributed by atoms with Gasteiger partial charge in [0.05, 0.1) is 10.5 Å². The monoisotopic (exact) mass is 505 g/mol. The Morgan fingerprint density at radius 1 is 0.676 bits per heavy atom. The molecule has 1 unspecified atom stereocenters. The Hall–Kier alpha value is -3.76. The quantitative estimate of drug-likeness (QED) is 0.182. The summed E-state index contributed by atoms with van der Waals surface area (Å²) < 4.78 is 0.848. The van der Waals surface area contributed by atoms with E-state index in [0.717, 1.165) is 15.6 Å². The lowest BCUT2D eigenvalue weighted by atomic mass is 9.73. The minimum atomic E-state index is -0.348. The zero-order valence-corrected chi connectivity index (χ0v) is 20.0. The largest absolute Gasteiger partial charge is 0.277 e. The highest BCUT2D eigenvalue weighted by atomic mass is 79.9. The van der Waals surface area contributed by atoms with Crippen molar-refractivity contribution in [1.82, 2.24) is 0 Å². The molecule has 1 aliphatic carbocycles. The summed E-state index contributed by atoms with van der Waals surface area (Å²) in [6, 6.07) is 34.8. The molecule has 0 saturated carbocycles. The average molecular weight is 506 g/mol. The highest BCUT2D eigenvalue weighted by Crippen LogP contribution is 2.54. The van der Waals surface area contributed by atoms with Crippen molar-refractivity contribution in [2.45, 2.75) is 12.3 Å². The van der Waals surface area contributed by atoms with Crippen LogP contribution in [0.25, 0.3) is 33.0 Å². The van der Waals surface area contributed by atoms with Gasteiger partial charge in [0.2, 0.25) is 0 Å². The number of hydrogen-bond acceptors (Lipinski definition) is 2. The van der Waals surface area contributed by atoms with Crippen molar-refractivity contribution >= 4 is 32.4 Å². The summed E-state index contributed by atoms with van der Waals surface area (Å²) in [5.41, 5.74) is 7.13. The second-order valence-corrected chi connectivity index (χ2v) is 9.74. The van der Waals surface area contributed by atoms with E-state index in [2.05, 4.69) is 102 Å². The molecule has 5 aromatic carbocycles. The number of fused-ring (bicyclic) bond motifs is 4. The summed E-state index contributed by atoms with van der Waals surface area (Å²) in [7, 11) is 0. The smallest absolute Gasteiger partial charge is 0.258 e. The lowest BCUT2D eigenvalue weighted by molar-refractivity contribution is -0.384. The molecule has 164 valence electrons. The van der Waals surface area contributed by atoms with Crippen molar-refractivity contribution in [3.63, 3.8) is 0 Å². The van der Waals surface area contributed by atoms with Crippen LogP contribution in [0, 0.1) is 10.1 Å². The Kier molecular flexibility index (Phi) is 4.68. The predicted molar refractivity (Wildman–Crippen MR) is 141 cm³/mol. The van der Waals surface area contributed by atoms with Crippen molar-refractivity contribution in [1.29, 1.82) is 0 Å². The first kappa shape index (κ1) is 20.8. The van der Waals surface area contributed by atoms with Gasteiger partial charge in [0.15, 0.2) is 0 Å². The van der Waals surface area contributed by atoms with Crippen LogP contribution >= 0.6 is 15.9 Å². The standard InChI is InChI=1S/C30H20BrNO2/c1-30(21-15-14-19-8-2-3-9-20(19)16-21)26-12-6-4-10-22(26)24-17-25(28(31)18-27(24)30)23-11-5-7-13-29(23)32(33)34/h2-18H,1H3. The molecule has 0 aromatic heterocycles. The van der Waals surface area contributed by atoms with Gasteiger partial charge < -0.3 is 0 Å². The van der Waals surface area contributed by atoms with Crippen molar-refractivity contribution < 1.29 is 4.92 Å². The van der Waals surface area contributed by atoms with Crippen molar-refractivity contribution in [2.24, 2.45) is 0 Å². The lowest BCUT2D eigenvalue weighted by Gasteiger charge is -2.29. The van der Waals surface area contributed by atoms with E-state index in [0.29, 0.717) is 5.56 Å². The fourth-order valence-electron chi connectivity index (χ4n) is 5.39. The van der Waals surface area contributed by atoms with E-state index in [1.165, 1.54) is 33.0 Å². The molecule has 5 aromatic rings. The summed E-state index contributed by atoms with van der Waals surface area (Å²) in [4.78, 5) is 11.4. The third-order valence-electron chi connectivity index (χ3n) is 7.12. The van der Waals surface area contributed by atoms with Crippen LogP contribution in [-0.2, 0) is 5.41 Å². The van der Waals surface area contributed by atoms with E-state index in [1.807, 2.05) is 12.1 Å². The normalized spacial score (nSPS) is 16.3. The summed E-state index contributed by atoms with van der Waals surface area (Å²) in [5.74, 6) is 0. The fraction of sp³-hybridized carbons (Fsp3) is 0.0667. The topological polar surface area (TPSA) is 43.1 Å². The van der Waals surface area contributed by atoms with Crippen LogP contribution in [0.4, 0.5) is 5.69 Å². The zero-order valence-electron chi connectivity index (χ0n) is 18.5. The molecule has 0 spiro atoms. The maximum absolute atomic E-state index is 11.7. The highest BCUT2D eigenvalue weighted by molar-refractivity contribution is 9.10. The van der Waals surface area contributed by atoms with E-state index in [-0.39, 0.29) is 16.0 Å².